The molecule has 1 amide bonds. The predicted molar refractivity (Wildman–Crippen MR) is 90.4 cm³/mol. The highest BCUT2D eigenvalue weighted by Gasteiger charge is 2.22. The van der Waals surface area contributed by atoms with Crippen molar-refractivity contribution in [3.63, 3.8) is 0 Å². The van der Waals surface area contributed by atoms with Crippen LogP contribution in [0.2, 0.25) is 0 Å². The Bertz CT molecular complexity index is 529. The summed E-state index contributed by atoms with van der Waals surface area (Å²) < 4.78 is 5.07. The molecule has 0 spiro atoms. The molecule has 0 saturated heterocycles. The zero-order valence-corrected chi connectivity index (χ0v) is 15.2. The van der Waals surface area contributed by atoms with E-state index in [0.29, 0.717) is 12.2 Å². The van der Waals surface area contributed by atoms with E-state index >= 15 is 0 Å². The van der Waals surface area contributed by atoms with Crippen LogP contribution in [0.25, 0.3) is 0 Å². The van der Waals surface area contributed by atoms with Crippen LogP contribution in [0.5, 0.6) is 0 Å². The molecule has 2 N–H and O–H groups in total. The number of hydrogen-bond donors (Lipinski definition) is 2. The first-order valence-electron chi connectivity index (χ1n) is 7.62. The van der Waals surface area contributed by atoms with Gasteiger partial charge in [-0.15, -0.1) is 11.8 Å². The van der Waals surface area contributed by atoms with E-state index in [2.05, 4.69) is 10.5 Å². The SMILES string of the molecule is Cc1noc(C)c1CSCC(=O)NC(CCC(C)(C)C)C(=O)O. The Morgan fingerprint density at radius 2 is 2.00 bits per heavy atom. The van der Waals surface area contributed by atoms with Crippen molar-refractivity contribution in [2.45, 2.75) is 59.3 Å². The number of aromatic nitrogens is 1. The molecule has 1 aromatic rings. The minimum absolute atomic E-state index is 0.0382. The summed E-state index contributed by atoms with van der Waals surface area (Å²) in [6.45, 7) is 9.84. The number of nitrogens with zero attached hydrogens (tertiary/aromatic N) is 1. The van der Waals surface area contributed by atoms with Crippen LogP contribution in [0.4, 0.5) is 0 Å². The molecule has 1 aromatic heterocycles. The van der Waals surface area contributed by atoms with Crippen molar-refractivity contribution in [2.24, 2.45) is 5.41 Å². The normalized spacial score (nSPS) is 12.9. The van der Waals surface area contributed by atoms with Gasteiger partial charge in [0.1, 0.15) is 11.8 Å². The van der Waals surface area contributed by atoms with Gasteiger partial charge in [0.25, 0.3) is 0 Å². The quantitative estimate of drug-likeness (QED) is 0.754. The Balaban J connectivity index is 2.42. The fourth-order valence-corrected chi connectivity index (χ4v) is 3.01. The van der Waals surface area contributed by atoms with Crippen LogP contribution in [0, 0.1) is 19.3 Å². The Kier molecular flexibility index (Phi) is 7.12. The Morgan fingerprint density at radius 1 is 1.35 bits per heavy atom. The number of aryl methyl sites for hydroxylation is 2. The minimum Gasteiger partial charge on any atom is -0.480 e. The molecule has 0 aliphatic carbocycles. The highest BCUT2D eigenvalue weighted by molar-refractivity contribution is 7.99. The van der Waals surface area contributed by atoms with Crippen molar-refractivity contribution >= 4 is 23.6 Å². The molecule has 0 radical (unpaired) electrons. The average Bonchev–Trinajstić information content (AvgIpc) is 2.73. The van der Waals surface area contributed by atoms with Crippen LogP contribution in [-0.2, 0) is 15.3 Å². The molecule has 1 rings (SSSR count). The van der Waals surface area contributed by atoms with Gasteiger partial charge in [-0.3, -0.25) is 4.79 Å². The van der Waals surface area contributed by atoms with E-state index in [-0.39, 0.29) is 17.1 Å². The summed E-state index contributed by atoms with van der Waals surface area (Å²) in [6, 6.07) is -0.832. The standard InChI is InChI=1S/C16H26N2O4S/c1-10-12(11(2)22-18-10)8-23-9-14(19)17-13(15(20)21)6-7-16(3,4)5/h13H,6-9H2,1-5H3,(H,17,19)(H,20,21). The van der Waals surface area contributed by atoms with Crippen LogP contribution in [0.3, 0.4) is 0 Å². The summed E-state index contributed by atoms with van der Waals surface area (Å²) in [5.41, 5.74) is 1.85. The van der Waals surface area contributed by atoms with Gasteiger partial charge in [0.15, 0.2) is 0 Å². The van der Waals surface area contributed by atoms with E-state index in [9.17, 15) is 14.7 Å². The lowest BCUT2D eigenvalue weighted by atomic mass is 9.88. The van der Waals surface area contributed by atoms with Gasteiger partial charge in [-0.1, -0.05) is 25.9 Å². The molecule has 1 unspecified atom stereocenters. The third-order valence-electron chi connectivity index (χ3n) is 3.48. The smallest absolute Gasteiger partial charge is 0.326 e. The number of amides is 1. The maximum absolute atomic E-state index is 11.9. The van der Waals surface area contributed by atoms with Gasteiger partial charge in [-0.2, -0.15) is 0 Å². The van der Waals surface area contributed by atoms with Gasteiger partial charge in [-0.05, 0) is 32.1 Å². The van der Waals surface area contributed by atoms with Gasteiger partial charge in [-0.25, -0.2) is 4.79 Å². The Hall–Kier alpha value is -1.50. The number of carboxylic acid groups (broad SMARTS) is 1. The third-order valence-corrected chi connectivity index (χ3v) is 4.44. The number of carbonyl (C=O) groups is 2. The number of nitrogens with one attached hydrogen (secondary N) is 1. The second kappa shape index (κ2) is 8.38. The van der Waals surface area contributed by atoms with Crippen LogP contribution in [-0.4, -0.2) is 33.9 Å². The first-order valence-corrected chi connectivity index (χ1v) is 8.77. The topological polar surface area (TPSA) is 92.4 Å². The molecule has 0 bridgehead atoms. The number of rotatable bonds is 8. The van der Waals surface area contributed by atoms with E-state index in [4.69, 9.17) is 4.52 Å². The lowest BCUT2D eigenvalue weighted by Gasteiger charge is -2.21. The molecule has 6 nitrogen and oxygen atoms in total. The minimum atomic E-state index is -0.988. The first kappa shape index (κ1) is 19.5. The maximum atomic E-state index is 11.9. The number of thioether (sulfide) groups is 1. The van der Waals surface area contributed by atoms with Gasteiger partial charge in [0.2, 0.25) is 5.91 Å². The molecule has 0 saturated carbocycles. The summed E-state index contributed by atoms with van der Waals surface area (Å²) in [7, 11) is 0. The zero-order valence-electron chi connectivity index (χ0n) is 14.4. The highest BCUT2D eigenvalue weighted by Crippen LogP contribution is 2.22. The van der Waals surface area contributed by atoms with Crippen LogP contribution < -0.4 is 5.32 Å². The van der Waals surface area contributed by atoms with Gasteiger partial charge in [0.05, 0.1) is 11.4 Å². The second-order valence-corrected chi connectivity index (χ2v) is 7.84. The fourth-order valence-electron chi connectivity index (χ4n) is 2.02. The fraction of sp³-hybridized carbons (Fsp3) is 0.688. The van der Waals surface area contributed by atoms with Crippen molar-refractivity contribution in [1.82, 2.24) is 10.5 Å². The van der Waals surface area contributed by atoms with E-state index in [1.165, 1.54) is 11.8 Å². The second-order valence-electron chi connectivity index (χ2n) is 6.85. The van der Waals surface area contributed by atoms with Crippen molar-refractivity contribution in [3.8, 4) is 0 Å². The van der Waals surface area contributed by atoms with Crippen molar-refractivity contribution in [2.75, 3.05) is 5.75 Å². The maximum Gasteiger partial charge on any atom is 0.326 e. The van der Waals surface area contributed by atoms with E-state index in [1.807, 2.05) is 34.6 Å². The summed E-state index contributed by atoms with van der Waals surface area (Å²) in [5.74, 6) is 0.336. The molecule has 1 atom stereocenters. The monoisotopic (exact) mass is 342 g/mol. The van der Waals surface area contributed by atoms with Crippen molar-refractivity contribution in [1.29, 1.82) is 0 Å². The van der Waals surface area contributed by atoms with Crippen LogP contribution >= 0.6 is 11.8 Å². The summed E-state index contributed by atoms with van der Waals surface area (Å²) >= 11 is 1.42. The molecule has 0 aliphatic heterocycles. The molecule has 23 heavy (non-hydrogen) atoms. The summed E-state index contributed by atoms with van der Waals surface area (Å²) in [5, 5.41) is 15.7. The Morgan fingerprint density at radius 3 is 2.48 bits per heavy atom. The van der Waals surface area contributed by atoms with Crippen molar-refractivity contribution < 1.29 is 19.2 Å². The zero-order chi connectivity index (χ0) is 17.6. The molecular formula is C16H26N2O4S. The lowest BCUT2D eigenvalue weighted by Crippen LogP contribution is -2.42. The highest BCUT2D eigenvalue weighted by atomic mass is 32.2. The third kappa shape index (κ3) is 7.07. The molecule has 130 valence electrons. The number of hydrogen-bond acceptors (Lipinski definition) is 5. The number of aliphatic carboxylic acids is 1. The van der Waals surface area contributed by atoms with Gasteiger partial charge < -0.3 is 14.9 Å². The van der Waals surface area contributed by atoms with E-state index in [1.54, 1.807) is 0 Å². The molecular weight excluding hydrogens is 316 g/mol. The van der Waals surface area contributed by atoms with E-state index < -0.39 is 12.0 Å². The summed E-state index contributed by atoms with van der Waals surface area (Å²) in [4.78, 5) is 23.2. The Labute approximate surface area is 141 Å². The van der Waals surface area contributed by atoms with Gasteiger partial charge >= 0.3 is 5.97 Å². The lowest BCUT2D eigenvalue weighted by molar-refractivity contribution is -0.141. The van der Waals surface area contributed by atoms with Gasteiger partial charge in [0, 0.05) is 11.3 Å². The van der Waals surface area contributed by atoms with Crippen LogP contribution in [0.1, 0.15) is 50.6 Å². The number of carboxylic acids is 1. The molecule has 0 aliphatic rings. The number of carbonyl (C=O) groups excluding carboxylic acids is 1. The average molecular weight is 342 g/mol. The van der Waals surface area contributed by atoms with Crippen LogP contribution in [0.15, 0.2) is 4.52 Å². The van der Waals surface area contributed by atoms with Crippen molar-refractivity contribution in [3.05, 3.63) is 17.0 Å². The predicted octanol–water partition coefficient (Wildman–Crippen LogP) is 2.92. The molecule has 0 fully saturated rings. The van der Waals surface area contributed by atoms with E-state index in [0.717, 1.165) is 23.4 Å². The summed E-state index contributed by atoms with van der Waals surface area (Å²) in [6.07, 6.45) is 1.16. The molecule has 1 heterocycles. The molecule has 7 heteroatoms. The first-order chi connectivity index (χ1) is 10.6. The molecule has 0 aromatic carbocycles. The largest absolute Gasteiger partial charge is 0.480 e.